The molecule has 2 heterocycles. The number of quaternary nitrogens is 2. The van der Waals surface area contributed by atoms with E-state index in [1.54, 1.807) is 4.90 Å². The largest absolute Gasteiger partial charge is 0.337 e. The normalized spacial score (nSPS) is 22.4. The summed E-state index contributed by atoms with van der Waals surface area (Å²) in [6.07, 6.45) is 0. The van der Waals surface area contributed by atoms with Crippen LogP contribution < -0.4 is 14.7 Å². The number of anilines is 1. The van der Waals surface area contributed by atoms with Gasteiger partial charge in [0.1, 0.15) is 55.9 Å². The maximum Gasteiger partial charge on any atom is 0.230 e. The molecule has 2 N–H and O–H groups in total. The first-order valence-electron chi connectivity index (χ1n) is 10.5. The average molecular weight is 421 g/mol. The van der Waals surface area contributed by atoms with Gasteiger partial charge in [-0.3, -0.25) is 4.79 Å². The molecule has 0 aromatic heterocycles. The molecule has 2 aromatic carbocycles. The van der Waals surface area contributed by atoms with Crippen LogP contribution in [-0.2, 0) is 11.3 Å². The number of rotatable bonds is 5. The fourth-order valence-corrected chi connectivity index (χ4v) is 5.42. The lowest BCUT2D eigenvalue weighted by atomic mass is 10.1. The van der Waals surface area contributed by atoms with Crippen molar-refractivity contribution in [3.63, 3.8) is 0 Å². The zero-order valence-electron chi connectivity index (χ0n) is 17.6. The lowest BCUT2D eigenvalue weighted by molar-refractivity contribution is -1.01. The van der Waals surface area contributed by atoms with Gasteiger partial charge in [0, 0.05) is 17.5 Å². The van der Waals surface area contributed by atoms with E-state index in [1.807, 2.05) is 36.2 Å². The minimum Gasteiger partial charge on any atom is -0.337 e. The third-order valence-electron chi connectivity index (χ3n) is 6.12. The number of piperazine rings is 1. The first-order valence-corrected chi connectivity index (χ1v) is 11.3. The summed E-state index contributed by atoms with van der Waals surface area (Å²) in [5, 5.41) is 10.5. The number of nitrogens with zero attached hydrogens (tertiary/aromatic N) is 2. The quantitative estimate of drug-likeness (QED) is 0.556. The number of Topliss-reactive ketones (excluding diaryl/α,β-unsaturated/α-hetero) is 1. The molecule has 0 radical (unpaired) electrons. The minimum absolute atomic E-state index is 0.0444. The summed E-state index contributed by atoms with van der Waals surface area (Å²) in [7, 11) is 1.93. The maximum absolute atomic E-state index is 13.0. The molecule has 2 aromatic rings. The zero-order valence-corrected chi connectivity index (χ0v) is 18.4. The predicted octanol–water partition coefficient (Wildman–Crippen LogP) is 0.825. The number of benzene rings is 2. The van der Waals surface area contributed by atoms with Crippen molar-refractivity contribution in [2.75, 3.05) is 44.7 Å². The van der Waals surface area contributed by atoms with Gasteiger partial charge in [0.2, 0.25) is 5.78 Å². The van der Waals surface area contributed by atoms with Crippen LogP contribution in [0, 0.1) is 18.3 Å². The fourth-order valence-electron chi connectivity index (χ4n) is 4.25. The molecule has 0 saturated carbocycles. The standard InChI is InChI=1S/C24H26N4OS/c1-18-7-3-4-8-19(18)16-27-11-13-28(14-12-27)17-22(29)20(15-25)24-26(2)21-9-5-6-10-23(21)30-24/h3-10H,11-14,16-17H2,1-2H3/p+2/b24-20-. The van der Waals surface area contributed by atoms with Crippen molar-refractivity contribution in [1.29, 1.82) is 5.26 Å². The van der Waals surface area contributed by atoms with E-state index in [2.05, 4.69) is 37.3 Å². The van der Waals surface area contributed by atoms with Crippen molar-refractivity contribution in [1.82, 2.24) is 0 Å². The van der Waals surface area contributed by atoms with Gasteiger partial charge in [0.25, 0.3) is 0 Å². The number of hydrogen-bond donors (Lipinski definition) is 2. The molecule has 1 saturated heterocycles. The Bertz CT molecular complexity index is 1020. The van der Waals surface area contributed by atoms with E-state index in [-0.39, 0.29) is 5.78 Å². The summed E-state index contributed by atoms with van der Waals surface area (Å²) in [6, 6.07) is 18.8. The summed E-state index contributed by atoms with van der Waals surface area (Å²) < 4.78 is 0. The lowest BCUT2D eigenvalue weighted by Crippen LogP contribution is -3.27. The lowest BCUT2D eigenvalue weighted by Gasteiger charge is -2.29. The molecule has 0 bridgehead atoms. The van der Waals surface area contributed by atoms with Gasteiger partial charge in [0.15, 0.2) is 0 Å². The Morgan fingerprint density at radius 3 is 2.43 bits per heavy atom. The van der Waals surface area contributed by atoms with Gasteiger partial charge in [-0.05, 0) is 24.6 Å². The van der Waals surface area contributed by atoms with Crippen LogP contribution >= 0.6 is 11.8 Å². The van der Waals surface area contributed by atoms with Gasteiger partial charge >= 0.3 is 0 Å². The van der Waals surface area contributed by atoms with Crippen LogP contribution in [-0.4, -0.2) is 45.6 Å². The maximum atomic E-state index is 13.0. The Labute approximate surface area is 182 Å². The summed E-state index contributed by atoms with van der Waals surface area (Å²) in [5.41, 5.74) is 4.10. The Balaban J connectivity index is 1.37. The van der Waals surface area contributed by atoms with E-state index < -0.39 is 0 Å². The summed E-state index contributed by atoms with van der Waals surface area (Å²) in [5.74, 6) is -0.0444. The molecule has 0 aliphatic carbocycles. The number of carbonyl (C=O) groups is 1. The molecule has 1 fully saturated rings. The van der Waals surface area contributed by atoms with Gasteiger partial charge in [-0.15, -0.1) is 0 Å². The van der Waals surface area contributed by atoms with Gasteiger partial charge < -0.3 is 14.7 Å². The highest BCUT2D eigenvalue weighted by molar-refractivity contribution is 8.03. The second-order valence-electron chi connectivity index (χ2n) is 8.12. The first-order chi connectivity index (χ1) is 14.6. The molecule has 0 atom stereocenters. The van der Waals surface area contributed by atoms with Gasteiger partial charge in [0.05, 0.1) is 5.69 Å². The monoisotopic (exact) mass is 420 g/mol. The Kier molecular flexibility index (Phi) is 6.24. The Morgan fingerprint density at radius 1 is 1.07 bits per heavy atom. The van der Waals surface area contributed by atoms with Crippen molar-refractivity contribution < 1.29 is 14.6 Å². The molecule has 154 valence electrons. The third kappa shape index (κ3) is 4.29. The van der Waals surface area contributed by atoms with Crippen LogP contribution in [0.5, 0.6) is 0 Å². The second-order valence-corrected chi connectivity index (χ2v) is 9.15. The van der Waals surface area contributed by atoms with E-state index in [9.17, 15) is 10.1 Å². The van der Waals surface area contributed by atoms with E-state index in [0.717, 1.165) is 48.3 Å². The molecule has 5 nitrogen and oxygen atoms in total. The SMILES string of the molecule is Cc1ccccc1C[NH+]1CC[NH+](CC(=O)/C(C#N)=C2\Sc3ccccc3N2C)CC1. The molecule has 6 heteroatoms. The molecule has 0 amide bonds. The highest BCUT2D eigenvalue weighted by atomic mass is 32.2. The van der Waals surface area contributed by atoms with E-state index >= 15 is 0 Å². The number of ketones is 1. The van der Waals surface area contributed by atoms with Gasteiger partial charge in [-0.1, -0.05) is 48.2 Å². The Hall–Kier alpha value is -2.59. The van der Waals surface area contributed by atoms with Crippen LogP contribution in [0.2, 0.25) is 0 Å². The van der Waals surface area contributed by atoms with Gasteiger partial charge in [-0.2, -0.15) is 5.26 Å². The highest BCUT2D eigenvalue weighted by Crippen LogP contribution is 2.45. The number of hydrogen-bond acceptors (Lipinski definition) is 4. The van der Waals surface area contributed by atoms with Crippen LogP contribution in [0.4, 0.5) is 5.69 Å². The summed E-state index contributed by atoms with van der Waals surface area (Å²) in [6.45, 7) is 7.64. The molecular formula is C24H28N4OS+2. The van der Waals surface area contributed by atoms with Crippen molar-refractivity contribution >= 4 is 23.2 Å². The Morgan fingerprint density at radius 2 is 1.73 bits per heavy atom. The number of nitrogens with one attached hydrogen (secondary N) is 2. The first kappa shape index (κ1) is 20.7. The van der Waals surface area contributed by atoms with E-state index in [0.29, 0.717) is 12.1 Å². The minimum atomic E-state index is -0.0444. The summed E-state index contributed by atoms with van der Waals surface area (Å²) >= 11 is 1.52. The van der Waals surface area contributed by atoms with E-state index in [1.165, 1.54) is 27.8 Å². The number of fused-ring (bicyclic) bond motifs is 1. The molecule has 2 aliphatic heterocycles. The van der Waals surface area contributed by atoms with E-state index in [4.69, 9.17) is 0 Å². The number of nitriles is 1. The fraction of sp³-hybridized carbons (Fsp3) is 0.333. The predicted molar refractivity (Wildman–Crippen MR) is 119 cm³/mol. The average Bonchev–Trinajstić information content (AvgIpc) is 3.08. The number of carbonyl (C=O) groups excluding carboxylic acids is 1. The topological polar surface area (TPSA) is 53.0 Å². The number of thioether (sulfide) groups is 1. The van der Waals surface area contributed by atoms with Gasteiger partial charge in [-0.25, -0.2) is 0 Å². The molecule has 2 aliphatic rings. The van der Waals surface area contributed by atoms with Crippen molar-refractivity contribution in [2.45, 2.75) is 18.4 Å². The highest BCUT2D eigenvalue weighted by Gasteiger charge is 2.31. The van der Waals surface area contributed by atoms with Crippen LogP contribution in [0.15, 0.2) is 64.0 Å². The smallest absolute Gasteiger partial charge is 0.230 e. The summed E-state index contributed by atoms with van der Waals surface area (Å²) in [4.78, 5) is 18.9. The third-order valence-corrected chi connectivity index (χ3v) is 7.36. The molecular weight excluding hydrogens is 392 g/mol. The van der Waals surface area contributed by atoms with Crippen molar-refractivity contribution in [3.8, 4) is 6.07 Å². The molecule has 0 spiro atoms. The van der Waals surface area contributed by atoms with Crippen LogP contribution in [0.1, 0.15) is 11.1 Å². The molecule has 30 heavy (non-hydrogen) atoms. The van der Waals surface area contributed by atoms with Crippen LogP contribution in [0.25, 0.3) is 0 Å². The number of para-hydroxylation sites is 1. The molecule has 0 unspecified atom stereocenters. The van der Waals surface area contributed by atoms with Crippen molar-refractivity contribution in [3.05, 3.63) is 70.3 Å². The van der Waals surface area contributed by atoms with Crippen LogP contribution in [0.3, 0.4) is 0 Å². The second kappa shape index (κ2) is 9.05. The molecule has 4 rings (SSSR count). The van der Waals surface area contributed by atoms with Crippen molar-refractivity contribution in [2.24, 2.45) is 0 Å². The zero-order chi connectivity index (χ0) is 21.1. The number of aryl methyl sites for hydroxylation is 1.